The van der Waals surface area contributed by atoms with Crippen molar-refractivity contribution in [3.63, 3.8) is 0 Å². The molecular weight excluding hydrogens is 246 g/mol. The molecule has 2 rings (SSSR count). The van der Waals surface area contributed by atoms with E-state index in [0.717, 1.165) is 31.5 Å². The quantitative estimate of drug-likeness (QED) is 0.889. The van der Waals surface area contributed by atoms with E-state index in [0.29, 0.717) is 6.04 Å². The van der Waals surface area contributed by atoms with Crippen molar-refractivity contribution < 1.29 is 0 Å². The Balaban J connectivity index is 2.10. The number of nitrogens with one attached hydrogen (secondary N) is 1. The maximum Gasteiger partial charge on any atom is 0.133 e. The molecule has 3 nitrogen and oxygen atoms in total. The molecular formula is C17H29N3. The Labute approximate surface area is 123 Å². The molecule has 1 fully saturated rings. The summed E-state index contributed by atoms with van der Waals surface area (Å²) < 4.78 is 0. The molecule has 1 atom stereocenters. The molecule has 1 aromatic rings. The lowest BCUT2D eigenvalue weighted by Gasteiger charge is -2.36. The first kappa shape index (κ1) is 15.3. The number of hydrogen-bond donors (Lipinski definition) is 1. The lowest BCUT2D eigenvalue weighted by molar-refractivity contribution is 0.310. The number of nitrogens with zero attached hydrogens (tertiary/aromatic N) is 2. The highest BCUT2D eigenvalue weighted by molar-refractivity contribution is 5.48. The van der Waals surface area contributed by atoms with E-state index < -0.39 is 0 Å². The average Bonchev–Trinajstić information content (AvgIpc) is 2.47. The van der Waals surface area contributed by atoms with Crippen molar-refractivity contribution in [2.24, 2.45) is 11.8 Å². The molecule has 112 valence electrons. The van der Waals surface area contributed by atoms with Gasteiger partial charge in [0.25, 0.3) is 0 Å². The van der Waals surface area contributed by atoms with Crippen LogP contribution in [-0.2, 0) is 0 Å². The summed E-state index contributed by atoms with van der Waals surface area (Å²) in [6, 6.07) is 4.63. The van der Waals surface area contributed by atoms with Crippen LogP contribution in [0.25, 0.3) is 0 Å². The van der Waals surface area contributed by atoms with Gasteiger partial charge in [-0.25, -0.2) is 4.98 Å². The van der Waals surface area contributed by atoms with Crippen molar-refractivity contribution >= 4 is 5.82 Å². The van der Waals surface area contributed by atoms with Crippen LogP contribution in [0.1, 0.15) is 52.1 Å². The summed E-state index contributed by atoms with van der Waals surface area (Å²) in [4.78, 5) is 7.14. The van der Waals surface area contributed by atoms with Crippen LogP contribution in [0.3, 0.4) is 0 Å². The Bertz CT molecular complexity index is 408. The van der Waals surface area contributed by atoms with Gasteiger partial charge in [-0.1, -0.05) is 26.8 Å². The monoisotopic (exact) mass is 275 g/mol. The lowest BCUT2D eigenvalue weighted by Crippen LogP contribution is -2.37. The van der Waals surface area contributed by atoms with E-state index in [1.165, 1.54) is 24.2 Å². The molecule has 1 saturated heterocycles. The minimum absolute atomic E-state index is 0.367. The predicted molar refractivity (Wildman–Crippen MR) is 86.1 cm³/mol. The predicted octanol–water partition coefficient (Wildman–Crippen LogP) is 3.62. The highest BCUT2D eigenvalue weighted by Crippen LogP contribution is 2.30. The van der Waals surface area contributed by atoms with Crippen molar-refractivity contribution in [1.82, 2.24) is 10.3 Å². The van der Waals surface area contributed by atoms with Crippen LogP contribution >= 0.6 is 0 Å². The van der Waals surface area contributed by atoms with Crippen LogP contribution in [0.15, 0.2) is 18.3 Å². The first-order valence-electron chi connectivity index (χ1n) is 8.06. The molecule has 0 radical (unpaired) electrons. The number of hydrogen-bond acceptors (Lipinski definition) is 3. The summed E-state index contributed by atoms with van der Waals surface area (Å²) >= 11 is 0. The normalized spacial score (nSPS) is 18.6. The zero-order valence-corrected chi connectivity index (χ0v) is 13.4. The molecule has 0 bridgehead atoms. The van der Waals surface area contributed by atoms with Gasteiger partial charge in [0.2, 0.25) is 0 Å². The Morgan fingerprint density at radius 1 is 1.30 bits per heavy atom. The van der Waals surface area contributed by atoms with E-state index in [2.05, 4.69) is 49.0 Å². The lowest BCUT2D eigenvalue weighted by atomic mass is 9.86. The molecule has 2 heterocycles. The first-order valence-corrected chi connectivity index (χ1v) is 8.06. The smallest absolute Gasteiger partial charge is 0.133 e. The molecule has 1 aromatic heterocycles. The highest BCUT2D eigenvalue weighted by atomic mass is 15.2. The molecule has 1 aliphatic rings. The number of rotatable bonds is 5. The average molecular weight is 275 g/mol. The van der Waals surface area contributed by atoms with Crippen molar-refractivity contribution in [2.45, 2.75) is 46.6 Å². The first-order chi connectivity index (χ1) is 9.63. The van der Waals surface area contributed by atoms with Crippen LogP contribution < -0.4 is 10.2 Å². The molecule has 20 heavy (non-hydrogen) atoms. The molecule has 0 saturated carbocycles. The largest absolute Gasteiger partial charge is 0.356 e. The summed E-state index contributed by atoms with van der Waals surface area (Å²) in [5, 5.41) is 3.50. The number of anilines is 1. The van der Waals surface area contributed by atoms with Crippen molar-refractivity contribution in [3.8, 4) is 0 Å². The maximum absolute atomic E-state index is 4.66. The van der Waals surface area contributed by atoms with E-state index in [-0.39, 0.29) is 0 Å². The van der Waals surface area contributed by atoms with Crippen LogP contribution in [0, 0.1) is 11.8 Å². The number of pyridine rings is 1. The summed E-state index contributed by atoms with van der Waals surface area (Å²) in [6.45, 7) is 12.4. The number of piperidine rings is 1. The third-order valence-electron chi connectivity index (χ3n) is 4.58. The van der Waals surface area contributed by atoms with Gasteiger partial charge in [0.15, 0.2) is 0 Å². The fourth-order valence-corrected chi connectivity index (χ4v) is 3.21. The summed E-state index contributed by atoms with van der Waals surface area (Å²) in [5.74, 6) is 2.87. The van der Waals surface area contributed by atoms with Gasteiger partial charge < -0.3 is 10.2 Å². The van der Waals surface area contributed by atoms with Gasteiger partial charge in [-0.3, -0.25) is 0 Å². The summed E-state index contributed by atoms with van der Waals surface area (Å²) in [7, 11) is 0. The van der Waals surface area contributed by atoms with Crippen molar-refractivity contribution in [2.75, 3.05) is 24.5 Å². The third-order valence-corrected chi connectivity index (χ3v) is 4.58. The number of aromatic nitrogens is 1. The molecule has 1 aliphatic heterocycles. The topological polar surface area (TPSA) is 28.2 Å². The van der Waals surface area contributed by atoms with Gasteiger partial charge in [-0.2, -0.15) is 0 Å². The molecule has 0 aliphatic carbocycles. The zero-order valence-electron chi connectivity index (χ0n) is 13.4. The Morgan fingerprint density at radius 3 is 2.60 bits per heavy atom. The second kappa shape index (κ2) is 7.07. The van der Waals surface area contributed by atoms with Crippen molar-refractivity contribution in [1.29, 1.82) is 0 Å². The minimum atomic E-state index is 0.367. The molecule has 1 unspecified atom stereocenters. The third kappa shape index (κ3) is 3.51. The zero-order chi connectivity index (χ0) is 14.5. The second-order valence-corrected chi connectivity index (χ2v) is 6.26. The highest BCUT2D eigenvalue weighted by Gasteiger charge is 2.24. The van der Waals surface area contributed by atoms with Crippen molar-refractivity contribution in [3.05, 3.63) is 23.9 Å². The molecule has 1 N–H and O–H groups in total. The van der Waals surface area contributed by atoms with E-state index in [1.807, 2.05) is 12.3 Å². The minimum Gasteiger partial charge on any atom is -0.356 e. The van der Waals surface area contributed by atoms with E-state index in [4.69, 9.17) is 0 Å². The van der Waals surface area contributed by atoms with Crippen LogP contribution in [-0.4, -0.2) is 24.6 Å². The fourth-order valence-electron chi connectivity index (χ4n) is 3.21. The second-order valence-electron chi connectivity index (χ2n) is 6.26. The Morgan fingerprint density at radius 2 is 2.00 bits per heavy atom. The molecule has 0 amide bonds. The molecule has 0 spiro atoms. The van der Waals surface area contributed by atoms with Crippen LogP contribution in [0.4, 0.5) is 5.82 Å². The Hall–Kier alpha value is -1.09. The van der Waals surface area contributed by atoms with Gasteiger partial charge in [-0.05, 0) is 44.2 Å². The van der Waals surface area contributed by atoms with E-state index in [1.54, 1.807) is 0 Å². The van der Waals surface area contributed by atoms with Gasteiger partial charge in [0.1, 0.15) is 5.82 Å². The van der Waals surface area contributed by atoms with Crippen LogP contribution in [0.2, 0.25) is 0 Å². The van der Waals surface area contributed by atoms with Crippen LogP contribution in [0.5, 0.6) is 0 Å². The summed E-state index contributed by atoms with van der Waals surface area (Å²) in [6.07, 6.45) is 4.51. The van der Waals surface area contributed by atoms with Gasteiger partial charge in [-0.15, -0.1) is 0 Å². The Kier molecular flexibility index (Phi) is 5.41. The van der Waals surface area contributed by atoms with Gasteiger partial charge in [0.05, 0.1) is 0 Å². The molecule has 0 aromatic carbocycles. The van der Waals surface area contributed by atoms with Gasteiger partial charge in [0, 0.05) is 30.9 Å². The van der Waals surface area contributed by atoms with E-state index in [9.17, 15) is 0 Å². The SMILES string of the molecule is CCNC(C)c1cccnc1N1CCC(C(C)C)CC1. The van der Waals surface area contributed by atoms with E-state index >= 15 is 0 Å². The summed E-state index contributed by atoms with van der Waals surface area (Å²) in [5.41, 5.74) is 1.33. The fraction of sp³-hybridized carbons (Fsp3) is 0.706. The standard InChI is InChI=1S/C17H29N3/c1-5-18-14(4)16-7-6-10-19-17(16)20-11-8-15(9-12-20)13(2)3/h6-7,10,13-15,18H,5,8-9,11-12H2,1-4H3. The molecule has 3 heteroatoms. The van der Waals surface area contributed by atoms with Gasteiger partial charge >= 0.3 is 0 Å². The maximum atomic E-state index is 4.66.